The highest BCUT2D eigenvalue weighted by Crippen LogP contribution is 2.33. The standard InChI is InChI=1S/C14H10Br2ClNO3/c1-21-12-3-2-8(6-11(12)17)18-14(20)9-4-7(15)5-10(16)13(9)19/h2-6,19H,1H3,(H,18,20). The summed E-state index contributed by atoms with van der Waals surface area (Å²) >= 11 is 12.5. The van der Waals surface area contributed by atoms with Crippen LogP contribution in [0.2, 0.25) is 5.02 Å². The summed E-state index contributed by atoms with van der Waals surface area (Å²) < 4.78 is 6.14. The molecule has 0 radical (unpaired) electrons. The lowest BCUT2D eigenvalue weighted by Gasteiger charge is -2.10. The van der Waals surface area contributed by atoms with Crippen LogP contribution >= 0.6 is 43.5 Å². The van der Waals surface area contributed by atoms with Gasteiger partial charge in [0.25, 0.3) is 5.91 Å². The molecule has 0 saturated carbocycles. The Morgan fingerprint density at radius 3 is 2.62 bits per heavy atom. The van der Waals surface area contributed by atoms with Crippen molar-refractivity contribution in [2.75, 3.05) is 12.4 Å². The first-order valence-corrected chi connectivity index (χ1v) is 7.71. The number of methoxy groups -OCH3 is 1. The molecule has 1 amide bonds. The van der Waals surface area contributed by atoms with Crippen molar-refractivity contribution in [1.82, 2.24) is 0 Å². The summed E-state index contributed by atoms with van der Waals surface area (Å²) in [6.45, 7) is 0. The number of hydrogen-bond donors (Lipinski definition) is 2. The summed E-state index contributed by atoms with van der Waals surface area (Å²) in [5, 5.41) is 13.0. The van der Waals surface area contributed by atoms with E-state index in [1.807, 2.05) is 0 Å². The van der Waals surface area contributed by atoms with Gasteiger partial charge in [0.2, 0.25) is 0 Å². The van der Waals surface area contributed by atoms with Gasteiger partial charge in [0, 0.05) is 10.2 Å². The maximum Gasteiger partial charge on any atom is 0.259 e. The van der Waals surface area contributed by atoms with E-state index in [4.69, 9.17) is 16.3 Å². The third-order valence-corrected chi connectivity index (χ3v) is 4.04. The topological polar surface area (TPSA) is 58.6 Å². The summed E-state index contributed by atoms with van der Waals surface area (Å²) in [5.41, 5.74) is 0.643. The summed E-state index contributed by atoms with van der Waals surface area (Å²) in [6.07, 6.45) is 0. The average molecular weight is 435 g/mol. The highest BCUT2D eigenvalue weighted by Gasteiger charge is 2.15. The molecule has 0 aliphatic carbocycles. The molecule has 0 unspecified atom stereocenters. The molecule has 0 aromatic heterocycles. The Morgan fingerprint density at radius 2 is 2.00 bits per heavy atom. The summed E-state index contributed by atoms with van der Waals surface area (Å²) in [6, 6.07) is 8.06. The van der Waals surface area contributed by atoms with E-state index in [1.165, 1.54) is 13.2 Å². The zero-order chi connectivity index (χ0) is 15.6. The molecule has 7 heteroatoms. The van der Waals surface area contributed by atoms with Crippen molar-refractivity contribution in [2.45, 2.75) is 0 Å². The predicted molar refractivity (Wildman–Crippen MR) is 89.5 cm³/mol. The number of aromatic hydroxyl groups is 1. The maximum atomic E-state index is 12.2. The molecule has 0 saturated heterocycles. The molecule has 2 aromatic rings. The van der Waals surface area contributed by atoms with E-state index in [9.17, 15) is 9.90 Å². The number of anilines is 1. The predicted octanol–water partition coefficient (Wildman–Crippen LogP) is 4.83. The summed E-state index contributed by atoms with van der Waals surface area (Å²) in [7, 11) is 1.51. The molecule has 2 N–H and O–H groups in total. The van der Waals surface area contributed by atoms with Gasteiger partial charge in [-0.2, -0.15) is 0 Å². The Bertz CT molecular complexity index is 707. The minimum Gasteiger partial charge on any atom is -0.506 e. The number of carbonyl (C=O) groups excluding carboxylic acids is 1. The van der Waals surface area contributed by atoms with E-state index in [-0.39, 0.29) is 11.3 Å². The van der Waals surface area contributed by atoms with Gasteiger partial charge in [-0.15, -0.1) is 0 Å². The third kappa shape index (κ3) is 3.70. The van der Waals surface area contributed by atoms with Crippen LogP contribution in [-0.4, -0.2) is 18.1 Å². The fourth-order valence-corrected chi connectivity index (χ4v) is 3.16. The van der Waals surface area contributed by atoms with E-state index in [1.54, 1.807) is 24.3 Å². The van der Waals surface area contributed by atoms with E-state index >= 15 is 0 Å². The molecule has 0 fully saturated rings. The van der Waals surface area contributed by atoms with Crippen molar-refractivity contribution < 1.29 is 14.6 Å². The molecule has 0 aliphatic rings. The quantitative estimate of drug-likeness (QED) is 0.726. The molecule has 2 rings (SSSR count). The van der Waals surface area contributed by atoms with Gasteiger partial charge in [0.15, 0.2) is 0 Å². The van der Waals surface area contributed by atoms with Crippen LogP contribution in [-0.2, 0) is 0 Å². The Morgan fingerprint density at radius 1 is 1.29 bits per heavy atom. The largest absolute Gasteiger partial charge is 0.506 e. The number of carbonyl (C=O) groups is 1. The smallest absolute Gasteiger partial charge is 0.259 e. The Balaban J connectivity index is 2.28. The fraction of sp³-hybridized carbons (Fsp3) is 0.0714. The molecule has 2 aromatic carbocycles. The lowest BCUT2D eigenvalue weighted by atomic mass is 10.2. The van der Waals surface area contributed by atoms with Gasteiger partial charge in [0.05, 0.1) is 22.2 Å². The zero-order valence-corrected chi connectivity index (χ0v) is 14.7. The number of phenolic OH excluding ortho intramolecular Hbond substituents is 1. The molecule has 0 heterocycles. The Labute approximate surface area is 143 Å². The normalized spacial score (nSPS) is 10.3. The number of ether oxygens (including phenoxy) is 1. The molecule has 21 heavy (non-hydrogen) atoms. The van der Waals surface area contributed by atoms with Gasteiger partial charge in [-0.3, -0.25) is 4.79 Å². The van der Waals surface area contributed by atoms with Crippen LogP contribution in [0.3, 0.4) is 0 Å². The highest BCUT2D eigenvalue weighted by atomic mass is 79.9. The van der Waals surface area contributed by atoms with Crippen LogP contribution in [0.15, 0.2) is 39.3 Å². The van der Waals surface area contributed by atoms with E-state index in [2.05, 4.69) is 37.2 Å². The first-order chi connectivity index (χ1) is 9.92. The van der Waals surface area contributed by atoms with Crippen molar-refractivity contribution in [3.05, 3.63) is 49.9 Å². The SMILES string of the molecule is COc1ccc(NC(=O)c2cc(Br)cc(Br)c2O)cc1Cl. The molecule has 0 bridgehead atoms. The molecule has 110 valence electrons. The Kier molecular flexibility index (Phi) is 5.13. The van der Waals surface area contributed by atoms with Crippen molar-refractivity contribution in [2.24, 2.45) is 0 Å². The molecular formula is C14H10Br2ClNO3. The molecular weight excluding hydrogens is 425 g/mol. The number of rotatable bonds is 3. The zero-order valence-electron chi connectivity index (χ0n) is 10.8. The van der Waals surface area contributed by atoms with Crippen LogP contribution in [0.25, 0.3) is 0 Å². The average Bonchev–Trinajstić information content (AvgIpc) is 2.43. The van der Waals surface area contributed by atoms with Crippen LogP contribution in [0.5, 0.6) is 11.5 Å². The first-order valence-electron chi connectivity index (χ1n) is 5.75. The maximum absolute atomic E-state index is 12.2. The number of hydrogen-bond acceptors (Lipinski definition) is 3. The third-order valence-electron chi connectivity index (χ3n) is 2.68. The molecule has 0 atom stereocenters. The second kappa shape index (κ2) is 6.68. The van der Waals surface area contributed by atoms with Crippen molar-refractivity contribution in [3.8, 4) is 11.5 Å². The summed E-state index contributed by atoms with van der Waals surface area (Å²) in [4.78, 5) is 12.2. The second-order valence-electron chi connectivity index (χ2n) is 4.09. The lowest BCUT2D eigenvalue weighted by Crippen LogP contribution is -2.12. The van der Waals surface area contributed by atoms with Gasteiger partial charge >= 0.3 is 0 Å². The van der Waals surface area contributed by atoms with Crippen molar-refractivity contribution >= 4 is 55.1 Å². The fourth-order valence-electron chi connectivity index (χ4n) is 1.68. The van der Waals surface area contributed by atoms with E-state index < -0.39 is 5.91 Å². The molecule has 0 aliphatic heterocycles. The van der Waals surface area contributed by atoms with E-state index in [0.717, 1.165) is 0 Å². The number of nitrogens with one attached hydrogen (secondary N) is 1. The minimum absolute atomic E-state index is 0.129. The van der Waals surface area contributed by atoms with Gasteiger partial charge < -0.3 is 15.2 Å². The van der Waals surface area contributed by atoms with Crippen LogP contribution in [0.1, 0.15) is 10.4 Å². The van der Waals surface area contributed by atoms with Crippen LogP contribution in [0, 0.1) is 0 Å². The minimum atomic E-state index is -0.448. The van der Waals surface area contributed by atoms with Crippen LogP contribution < -0.4 is 10.1 Å². The van der Waals surface area contributed by atoms with E-state index in [0.29, 0.717) is 25.4 Å². The van der Waals surface area contributed by atoms with Gasteiger partial charge in [-0.1, -0.05) is 27.5 Å². The van der Waals surface area contributed by atoms with Crippen molar-refractivity contribution in [1.29, 1.82) is 0 Å². The van der Waals surface area contributed by atoms with Gasteiger partial charge in [-0.05, 0) is 46.3 Å². The number of halogens is 3. The van der Waals surface area contributed by atoms with Gasteiger partial charge in [0.1, 0.15) is 11.5 Å². The number of benzene rings is 2. The van der Waals surface area contributed by atoms with Gasteiger partial charge in [-0.25, -0.2) is 0 Å². The van der Waals surface area contributed by atoms with Crippen LogP contribution in [0.4, 0.5) is 5.69 Å². The number of amides is 1. The Hall–Kier alpha value is -1.24. The highest BCUT2D eigenvalue weighted by molar-refractivity contribution is 9.11. The number of phenols is 1. The molecule has 4 nitrogen and oxygen atoms in total. The first kappa shape index (κ1) is 16.1. The molecule has 0 spiro atoms. The monoisotopic (exact) mass is 433 g/mol. The lowest BCUT2D eigenvalue weighted by molar-refractivity contribution is 0.102. The van der Waals surface area contributed by atoms with Crippen molar-refractivity contribution in [3.63, 3.8) is 0 Å². The summed E-state index contributed by atoms with van der Waals surface area (Å²) in [5.74, 6) is -0.0613. The second-order valence-corrected chi connectivity index (χ2v) is 6.26.